The zero-order valence-electron chi connectivity index (χ0n) is 10.7. The second-order valence-corrected chi connectivity index (χ2v) is 4.20. The third kappa shape index (κ3) is 2.49. The van der Waals surface area contributed by atoms with Crippen molar-refractivity contribution >= 4 is 11.6 Å². The van der Waals surface area contributed by atoms with E-state index in [1.807, 2.05) is 13.1 Å². The lowest BCUT2D eigenvalue weighted by Gasteiger charge is -2.13. The number of nitrogens with one attached hydrogen (secondary N) is 2. The summed E-state index contributed by atoms with van der Waals surface area (Å²) in [5, 5.41) is 3.40. The number of nitrogens with zero attached hydrogens (tertiary/aromatic N) is 1. The number of benzene rings is 1. The highest BCUT2D eigenvalue weighted by molar-refractivity contribution is 5.63. The molecule has 17 heavy (non-hydrogen) atoms. The third-order valence-electron chi connectivity index (χ3n) is 2.95. The normalized spacial score (nSPS) is 10.5. The molecule has 0 radical (unpaired) electrons. The minimum absolute atomic E-state index is 0.818. The van der Waals surface area contributed by atoms with E-state index in [0.717, 1.165) is 24.5 Å². The van der Waals surface area contributed by atoms with E-state index >= 15 is 0 Å². The van der Waals surface area contributed by atoms with E-state index in [2.05, 4.69) is 47.3 Å². The highest BCUT2D eigenvalue weighted by Crippen LogP contribution is 2.25. The fourth-order valence-electron chi connectivity index (χ4n) is 2.00. The molecular formula is C14H19N3. The van der Waals surface area contributed by atoms with E-state index < -0.39 is 0 Å². The number of aromatic nitrogens is 2. The van der Waals surface area contributed by atoms with Gasteiger partial charge < -0.3 is 10.3 Å². The van der Waals surface area contributed by atoms with Crippen LogP contribution >= 0.6 is 0 Å². The highest BCUT2D eigenvalue weighted by Gasteiger charge is 2.07. The molecule has 0 spiro atoms. The van der Waals surface area contributed by atoms with Crippen molar-refractivity contribution in [2.75, 3.05) is 5.32 Å². The van der Waals surface area contributed by atoms with Crippen LogP contribution < -0.4 is 5.32 Å². The molecule has 0 saturated carbocycles. The summed E-state index contributed by atoms with van der Waals surface area (Å²) in [6, 6.07) is 6.45. The summed E-state index contributed by atoms with van der Waals surface area (Å²) < 4.78 is 0. The number of para-hydroxylation sites is 1. The zero-order valence-corrected chi connectivity index (χ0v) is 10.7. The fourth-order valence-corrected chi connectivity index (χ4v) is 2.00. The van der Waals surface area contributed by atoms with Crippen LogP contribution in [0.15, 0.2) is 24.4 Å². The van der Waals surface area contributed by atoms with E-state index in [1.54, 1.807) is 0 Å². The maximum absolute atomic E-state index is 4.30. The molecule has 3 nitrogen and oxygen atoms in total. The van der Waals surface area contributed by atoms with Gasteiger partial charge in [-0.2, -0.15) is 0 Å². The Hall–Kier alpha value is -1.77. The zero-order chi connectivity index (χ0) is 12.3. The van der Waals surface area contributed by atoms with E-state index in [0.29, 0.717) is 0 Å². The molecule has 2 aromatic rings. The SMILES string of the molecule is CCc1cccc(CC)c1Nc1ncc(C)[nH]1. The topological polar surface area (TPSA) is 40.7 Å². The van der Waals surface area contributed by atoms with Crippen LogP contribution in [0.3, 0.4) is 0 Å². The van der Waals surface area contributed by atoms with Gasteiger partial charge in [0.15, 0.2) is 0 Å². The average molecular weight is 229 g/mol. The number of H-pyrrole nitrogens is 1. The first-order chi connectivity index (χ1) is 8.24. The molecule has 0 aliphatic rings. The van der Waals surface area contributed by atoms with Crippen LogP contribution in [-0.2, 0) is 12.8 Å². The largest absolute Gasteiger partial charge is 0.328 e. The molecule has 0 bridgehead atoms. The molecule has 0 atom stereocenters. The van der Waals surface area contributed by atoms with Gasteiger partial charge in [-0.1, -0.05) is 32.0 Å². The van der Waals surface area contributed by atoms with Crippen LogP contribution in [0.25, 0.3) is 0 Å². The number of hydrogen-bond acceptors (Lipinski definition) is 2. The Morgan fingerprint density at radius 2 is 1.82 bits per heavy atom. The Kier molecular flexibility index (Phi) is 3.47. The summed E-state index contributed by atoms with van der Waals surface area (Å²) in [5.41, 5.74) is 4.93. The van der Waals surface area contributed by atoms with Crippen molar-refractivity contribution in [2.24, 2.45) is 0 Å². The predicted molar refractivity (Wildman–Crippen MR) is 71.8 cm³/mol. The Morgan fingerprint density at radius 1 is 1.18 bits per heavy atom. The van der Waals surface area contributed by atoms with Crippen molar-refractivity contribution < 1.29 is 0 Å². The smallest absolute Gasteiger partial charge is 0.204 e. The quantitative estimate of drug-likeness (QED) is 0.841. The van der Waals surface area contributed by atoms with E-state index in [-0.39, 0.29) is 0 Å². The number of imidazole rings is 1. The van der Waals surface area contributed by atoms with Crippen molar-refractivity contribution in [3.63, 3.8) is 0 Å². The lowest BCUT2D eigenvalue weighted by atomic mass is 10.0. The molecule has 90 valence electrons. The monoisotopic (exact) mass is 229 g/mol. The van der Waals surface area contributed by atoms with Crippen molar-refractivity contribution in [1.29, 1.82) is 0 Å². The third-order valence-corrected chi connectivity index (χ3v) is 2.95. The molecule has 2 rings (SSSR count). The molecular weight excluding hydrogens is 210 g/mol. The summed E-state index contributed by atoms with van der Waals surface area (Å²) in [6.07, 6.45) is 3.88. The molecule has 0 amide bonds. The molecule has 1 aromatic heterocycles. The van der Waals surface area contributed by atoms with Crippen LogP contribution in [0, 0.1) is 6.92 Å². The second kappa shape index (κ2) is 5.04. The van der Waals surface area contributed by atoms with Crippen molar-refractivity contribution in [2.45, 2.75) is 33.6 Å². The number of rotatable bonds is 4. The first kappa shape index (κ1) is 11.7. The fraction of sp³-hybridized carbons (Fsp3) is 0.357. The van der Waals surface area contributed by atoms with Crippen LogP contribution in [0.1, 0.15) is 30.7 Å². The van der Waals surface area contributed by atoms with Gasteiger partial charge in [0, 0.05) is 17.6 Å². The molecule has 1 aromatic carbocycles. The molecule has 0 aliphatic carbocycles. The Morgan fingerprint density at radius 3 is 2.29 bits per heavy atom. The van der Waals surface area contributed by atoms with E-state index in [4.69, 9.17) is 0 Å². The number of hydrogen-bond donors (Lipinski definition) is 2. The van der Waals surface area contributed by atoms with Gasteiger partial charge in [0.1, 0.15) is 0 Å². The summed E-state index contributed by atoms with van der Waals surface area (Å²) in [4.78, 5) is 7.50. The van der Waals surface area contributed by atoms with Gasteiger partial charge in [-0.3, -0.25) is 0 Å². The number of aromatic amines is 1. The molecule has 0 aliphatic heterocycles. The summed E-state index contributed by atoms with van der Waals surface area (Å²) in [7, 11) is 0. The minimum Gasteiger partial charge on any atom is -0.328 e. The van der Waals surface area contributed by atoms with Gasteiger partial charge in [-0.05, 0) is 30.9 Å². The van der Waals surface area contributed by atoms with Crippen molar-refractivity contribution in [3.8, 4) is 0 Å². The van der Waals surface area contributed by atoms with Crippen LogP contribution in [0.2, 0.25) is 0 Å². The minimum atomic E-state index is 0.818. The first-order valence-electron chi connectivity index (χ1n) is 6.14. The summed E-state index contributed by atoms with van der Waals surface area (Å²) >= 11 is 0. The van der Waals surface area contributed by atoms with Crippen LogP contribution in [-0.4, -0.2) is 9.97 Å². The Bertz CT molecular complexity index is 478. The molecule has 2 N–H and O–H groups in total. The molecule has 1 heterocycles. The summed E-state index contributed by atoms with van der Waals surface area (Å²) in [6.45, 7) is 6.35. The van der Waals surface area contributed by atoms with E-state index in [9.17, 15) is 0 Å². The van der Waals surface area contributed by atoms with Gasteiger partial charge in [0.2, 0.25) is 5.95 Å². The van der Waals surface area contributed by atoms with Crippen molar-refractivity contribution in [1.82, 2.24) is 9.97 Å². The average Bonchev–Trinajstić information content (AvgIpc) is 2.75. The predicted octanol–water partition coefficient (Wildman–Crippen LogP) is 3.59. The van der Waals surface area contributed by atoms with Crippen LogP contribution in [0.4, 0.5) is 11.6 Å². The molecule has 0 unspecified atom stereocenters. The van der Waals surface area contributed by atoms with E-state index in [1.165, 1.54) is 16.8 Å². The lowest BCUT2D eigenvalue weighted by molar-refractivity contribution is 1.08. The van der Waals surface area contributed by atoms with Crippen molar-refractivity contribution in [3.05, 3.63) is 41.2 Å². The van der Waals surface area contributed by atoms with Gasteiger partial charge in [-0.15, -0.1) is 0 Å². The molecule has 0 saturated heterocycles. The second-order valence-electron chi connectivity index (χ2n) is 4.20. The highest BCUT2D eigenvalue weighted by atomic mass is 15.1. The maximum atomic E-state index is 4.30. The lowest BCUT2D eigenvalue weighted by Crippen LogP contribution is -2.01. The Labute approximate surface area is 102 Å². The molecule has 3 heteroatoms. The number of aryl methyl sites for hydroxylation is 3. The maximum Gasteiger partial charge on any atom is 0.204 e. The Balaban J connectivity index is 2.36. The van der Waals surface area contributed by atoms with Gasteiger partial charge in [0.05, 0.1) is 0 Å². The van der Waals surface area contributed by atoms with Gasteiger partial charge >= 0.3 is 0 Å². The summed E-state index contributed by atoms with van der Waals surface area (Å²) in [5.74, 6) is 0.818. The number of anilines is 2. The van der Waals surface area contributed by atoms with Gasteiger partial charge in [-0.25, -0.2) is 4.98 Å². The van der Waals surface area contributed by atoms with Gasteiger partial charge in [0.25, 0.3) is 0 Å². The molecule has 0 fully saturated rings. The first-order valence-corrected chi connectivity index (χ1v) is 6.14. The standard InChI is InChI=1S/C14H19N3/c1-4-11-7-6-8-12(5-2)13(11)17-14-15-9-10(3)16-14/h6-9H,4-5H2,1-3H3,(H2,15,16,17). The van der Waals surface area contributed by atoms with Crippen LogP contribution in [0.5, 0.6) is 0 Å².